The lowest BCUT2D eigenvalue weighted by Crippen LogP contribution is -1.81. The molecule has 0 radical (unpaired) electrons. The van der Waals surface area contributed by atoms with Crippen LogP contribution in [-0.4, -0.2) is 7.11 Å². The van der Waals surface area contributed by atoms with Gasteiger partial charge < -0.3 is 4.74 Å². The zero-order valence-corrected chi connectivity index (χ0v) is 12.7. The first-order valence-corrected chi connectivity index (χ1v) is 8.00. The Labute approximate surface area is 126 Å². The van der Waals surface area contributed by atoms with Gasteiger partial charge in [-0.15, -0.1) is 22.7 Å². The highest BCUT2D eigenvalue weighted by atomic mass is 32.1. The molecule has 0 N–H and O–H groups in total. The Hall–Kier alpha value is -1.84. The number of thiophene rings is 2. The monoisotopic (exact) mass is 298 g/mol. The summed E-state index contributed by atoms with van der Waals surface area (Å²) < 4.78 is 5.16. The van der Waals surface area contributed by atoms with Crippen molar-refractivity contribution in [1.82, 2.24) is 0 Å². The van der Waals surface area contributed by atoms with E-state index in [0.717, 1.165) is 5.75 Å². The maximum absolute atomic E-state index is 5.16. The molecule has 100 valence electrons. The topological polar surface area (TPSA) is 9.23 Å². The fourth-order valence-electron chi connectivity index (χ4n) is 1.89. The van der Waals surface area contributed by atoms with E-state index in [1.165, 1.54) is 20.2 Å². The van der Waals surface area contributed by atoms with Crippen LogP contribution in [0.4, 0.5) is 0 Å². The quantitative estimate of drug-likeness (QED) is 0.604. The van der Waals surface area contributed by atoms with Gasteiger partial charge in [-0.1, -0.05) is 24.3 Å². The summed E-state index contributed by atoms with van der Waals surface area (Å²) in [7, 11) is 1.68. The third kappa shape index (κ3) is 3.00. The molecule has 2 aromatic heterocycles. The summed E-state index contributed by atoms with van der Waals surface area (Å²) >= 11 is 3.60. The van der Waals surface area contributed by atoms with Gasteiger partial charge in [0, 0.05) is 14.6 Å². The Morgan fingerprint density at radius 3 is 2.45 bits per heavy atom. The standard InChI is InChI=1S/C17H14OS2/c1-18-14-7-4-13(5-8-14)6-9-15-10-11-17(20-15)16-3-2-12-19-16/h2-12H,1H3/b9-6+. The van der Waals surface area contributed by atoms with Crippen LogP contribution in [0.15, 0.2) is 53.9 Å². The van der Waals surface area contributed by atoms with E-state index in [2.05, 4.69) is 53.9 Å². The predicted molar refractivity (Wildman–Crippen MR) is 89.6 cm³/mol. The zero-order chi connectivity index (χ0) is 13.8. The molecular weight excluding hydrogens is 284 g/mol. The van der Waals surface area contributed by atoms with Crippen molar-refractivity contribution in [1.29, 1.82) is 0 Å². The first-order valence-electron chi connectivity index (χ1n) is 6.31. The Balaban J connectivity index is 1.75. The minimum absolute atomic E-state index is 0.887. The summed E-state index contributed by atoms with van der Waals surface area (Å²) in [6.45, 7) is 0. The lowest BCUT2D eigenvalue weighted by Gasteiger charge is -1.98. The predicted octanol–water partition coefficient (Wildman–Crippen LogP) is 5.66. The van der Waals surface area contributed by atoms with Crippen LogP contribution in [-0.2, 0) is 0 Å². The van der Waals surface area contributed by atoms with E-state index in [9.17, 15) is 0 Å². The molecule has 0 aliphatic rings. The second-order valence-corrected chi connectivity index (χ2v) is 6.35. The summed E-state index contributed by atoms with van der Waals surface area (Å²) in [5.41, 5.74) is 1.18. The second kappa shape index (κ2) is 6.07. The highest BCUT2D eigenvalue weighted by molar-refractivity contribution is 7.21. The van der Waals surface area contributed by atoms with Gasteiger partial charge in [0.1, 0.15) is 5.75 Å². The molecule has 0 aliphatic carbocycles. The van der Waals surface area contributed by atoms with Crippen LogP contribution in [0.1, 0.15) is 10.4 Å². The third-order valence-electron chi connectivity index (χ3n) is 2.95. The van der Waals surface area contributed by atoms with Crippen molar-refractivity contribution in [3.05, 3.63) is 64.4 Å². The van der Waals surface area contributed by atoms with E-state index >= 15 is 0 Å². The summed E-state index contributed by atoms with van der Waals surface area (Å²) in [4.78, 5) is 3.93. The van der Waals surface area contributed by atoms with Gasteiger partial charge >= 0.3 is 0 Å². The molecule has 3 rings (SSSR count). The fraction of sp³-hybridized carbons (Fsp3) is 0.0588. The highest BCUT2D eigenvalue weighted by Gasteiger charge is 2.01. The van der Waals surface area contributed by atoms with Crippen LogP contribution < -0.4 is 4.74 Å². The van der Waals surface area contributed by atoms with Crippen molar-refractivity contribution in [2.24, 2.45) is 0 Å². The van der Waals surface area contributed by atoms with Gasteiger partial charge in [-0.05, 0) is 47.4 Å². The van der Waals surface area contributed by atoms with Crippen LogP contribution in [0.25, 0.3) is 21.9 Å². The molecular formula is C17H14OS2. The smallest absolute Gasteiger partial charge is 0.118 e. The summed E-state index contributed by atoms with van der Waals surface area (Å²) in [6, 6.07) is 16.7. The number of benzene rings is 1. The Morgan fingerprint density at radius 1 is 0.900 bits per heavy atom. The van der Waals surface area contributed by atoms with E-state index in [0.29, 0.717) is 0 Å². The Bertz CT molecular complexity index is 691. The van der Waals surface area contributed by atoms with Gasteiger partial charge in [0.2, 0.25) is 0 Å². The Kier molecular flexibility index (Phi) is 4.00. The van der Waals surface area contributed by atoms with Crippen LogP contribution in [0, 0.1) is 0 Å². The van der Waals surface area contributed by atoms with Crippen LogP contribution in [0.5, 0.6) is 5.75 Å². The number of rotatable bonds is 4. The number of hydrogen-bond acceptors (Lipinski definition) is 3. The van der Waals surface area contributed by atoms with Crippen LogP contribution >= 0.6 is 22.7 Å². The third-order valence-corrected chi connectivity index (χ3v) is 5.06. The lowest BCUT2D eigenvalue weighted by molar-refractivity contribution is 0.415. The second-order valence-electron chi connectivity index (χ2n) is 4.29. The maximum atomic E-state index is 5.16. The van der Waals surface area contributed by atoms with Crippen molar-refractivity contribution in [3.8, 4) is 15.5 Å². The molecule has 0 saturated heterocycles. The van der Waals surface area contributed by atoms with Gasteiger partial charge in [-0.3, -0.25) is 0 Å². The Morgan fingerprint density at radius 2 is 1.75 bits per heavy atom. The van der Waals surface area contributed by atoms with Crippen molar-refractivity contribution in [2.75, 3.05) is 7.11 Å². The van der Waals surface area contributed by atoms with E-state index in [-0.39, 0.29) is 0 Å². The molecule has 3 heteroatoms. The summed E-state index contributed by atoms with van der Waals surface area (Å²) in [5.74, 6) is 0.887. The highest BCUT2D eigenvalue weighted by Crippen LogP contribution is 2.32. The number of methoxy groups -OCH3 is 1. The molecule has 1 nitrogen and oxygen atoms in total. The molecule has 0 unspecified atom stereocenters. The van der Waals surface area contributed by atoms with Gasteiger partial charge in [0.25, 0.3) is 0 Å². The molecule has 20 heavy (non-hydrogen) atoms. The molecule has 0 bridgehead atoms. The van der Waals surface area contributed by atoms with Gasteiger partial charge in [0.05, 0.1) is 7.11 Å². The first-order chi connectivity index (χ1) is 9.85. The summed E-state index contributed by atoms with van der Waals surface area (Å²) in [6.07, 6.45) is 4.28. The molecule has 3 aromatic rings. The van der Waals surface area contributed by atoms with E-state index in [4.69, 9.17) is 4.74 Å². The molecule has 0 saturated carbocycles. The molecule has 0 fully saturated rings. The number of hydrogen-bond donors (Lipinski definition) is 0. The number of ether oxygens (including phenoxy) is 1. The molecule has 0 atom stereocenters. The van der Waals surface area contributed by atoms with Gasteiger partial charge in [-0.2, -0.15) is 0 Å². The molecule has 2 heterocycles. The lowest BCUT2D eigenvalue weighted by atomic mass is 10.2. The van der Waals surface area contributed by atoms with E-state index in [1.807, 2.05) is 23.5 Å². The van der Waals surface area contributed by atoms with Crippen LogP contribution in [0.3, 0.4) is 0 Å². The first kappa shape index (κ1) is 13.2. The van der Waals surface area contributed by atoms with Crippen molar-refractivity contribution in [2.45, 2.75) is 0 Å². The van der Waals surface area contributed by atoms with Gasteiger partial charge in [-0.25, -0.2) is 0 Å². The van der Waals surface area contributed by atoms with E-state index in [1.54, 1.807) is 18.4 Å². The average molecular weight is 298 g/mol. The van der Waals surface area contributed by atoms with Crippen LogP contribution in [0.2, 0.25) is 0 Å². The minimum Gasteiger partial charge on any atom is -0.497 e. The van der Waals surface area contributed by atoms with Crippen molar-refractivity contribution >= 4 is 34.8 Å². The molecule has 0 spiro atoms. The minimum atomic E-state index is 0.887. The van der Waals surface area contributed by atoms with Gasteiger partial charge in [0.15, 0.2) is 0 Å². The SMILES string of the molecule is COc1ccc(/C=C/c2ccc(-c3cccs3)s2)cc1. The average Bonchev–Trinajstić information content (AvgIpc) is 3.16. The van der Waals surface area contributed by atoms with E-state index < -0.39 is 0 Å². The largest absolute Gasteiger partial charge is 0.497 e. The maximum Gasteiger partial charge on any atom is 0.118 e. The normalized spacial score (nSPS) is 11.1. The van der Waals surface area contributed by atoms with Crippen molar-refractivity contribution < 1.29 is 4.74 Å². The van der Waals surface area contributed by atoms with Crippen molar-refractivity contribution in [3.63, 3.8) is 0 Å². The summed E-state index contributed by atoms with van der Waals surface area (Å²) in [5, 5.41) is 2.11. The fourth-order valence-corrected chi connectivity index (χ4v) is 3.63. The zero-order valence-electron chi connectivity index (χ0n) is 11.1. The molecule has 0 aliphatic heterocycles. The molecule has 0 amide bonds. The molecule has 1 aromatic carbocycles.